The first-order valence-corrected chi connectivity index (χ1v) is 14.3. The van der Waals surface area contributed by atoms with Crippen molar-refractivity contribution in [2.24, 2.45) is 11.5 Å². The summed E-state index contributed by atoms with van der Waals surface area (Å²) in [6, 6.07) is 22.9. The van der Waals surface area contributed by atoms with Crippen molar-refractivity contribution in [2.75, 3.05) is 45.9 Å². The minimum Gasteiger partial charge on any atom is -0.493 e. The van der Waals surface area contributed by atoms with E-state index in [4.69, 9.17) is 27.8 Å². The molecule has 3 amide bonds. The molecule has 0 radical (unpaired) electrons. The number of hydrogen-bond acceptors (Lipinski definition) is 6. The van der Waals surface area contributed by atoms with E-state index in [2.05, 4.69) is 58.0 Å². The molecule has 3 aromatic carbocycles. The quantitative estimate of drug-likeness (QED) is 0.125. The van der Waals surface area contributed by atoms with Gasteiger partial charge in [0.1, 0.15) is 5.75 Å². The molecule has 1 aliphatic heterocycles. The van der Waals surface area contributed by atoms with Crippen molar-refractivity contribution < 1.29 is 19.5 Å². The van der Waals surface area contributed by atoms with Crippen LogP contribution >= 0.6 is 11.6 Å². The monoisotopic (exact) mass is 605 g/mol. The van der Waals surface area contributed by atoms with Gasteiger partial charge in [-0.1, -0.05) is 73.3 Å². The van der Waals surface area contributed by atoms with Gasteiger partial charge in [-0.2, -0.15) is 0 Å². The fourth-order valence-electron chi connectivity index (χ4n) is 4.97. The Morgan fingerprint density at radius 2 is 1.65 bits per heavy atom. The number of primary amides is 2. The average Bonchev–Trinajstić information content (AvgIpc) is 3.00. The summed E-state index contributed by atoms with van der Waals surface area (Å²) in [5.74, 6) is 5.53. The minimum atomic E-state index is -0.942. The highest BCUT2D eigenvalue weighted by atomic mass is 35.5. The Balaban J connectivity index is 0.00000506. The first-order chi connectivity index (χ1) is 20.3. The van der Waals surface area contributed by atoms with Crippen molar-refractivity contribution in [1.82, 2.24) is 14.9 Å². The van der Waals surface area contributed by atoms with Crippen molar-refractivity contribution in [2.45, 2.75) is 26.3 Å². The van der Waals surface area contributed by atoms with Crippen molar-refractivity contribution in [3.8, 4) is 17.6 Å². The first kappa shape index (κ1) is 33.4. The van der Waals surface area contributed by atoms with Crippen LogP contribution in [0.4, 0.5) is 4.79 Å². The summed E-state index contributed by atoms with van der Waals surface area (Å²) in [6.45, 7) is 5.09. The van der Waals surface area contributed by atoms with Crippen LogP contribution in [-0.4, -0.2) is 77.9 Å². The smallest absolute Gasteiger partial charge is 0.338 e. The standard InChI is InChI=1S/C32H36ClN5O4.CH4/c33-27-13-11-26(12-14-27)30(25-8-2-1-3-9-25)37-20-18-36(19-21-37)16-6-22-42-29-15-10-24(23-28(29)31(34)39)7-4-5-17-38(41)32(35)40;/h1-3,8-15,23,30,41H,5-6,16-22H2,(H2,34,39)(H2,35,40);1H4/t30-;/m1./s1. The van der Waals surface area contributed by atoms with Gasteiger partial charge in [-0.3, -0.25) is 14.9 Å². The number of nitrogens with two attached hydrogens (primary N) is 2. The number of rotatable bonds is 11. The van der Waals surface area contributed by atoms with Gasteiger partial charge in [0, 0.05) is 49.7 Å². The minimum absolute atomic E-state index is 0. The summed E-state index contributed by atoms with van der Waals surface area (Å²) in [5, 5.41) is 10.4. The van der Waals surface area contributed by atoms with E-state index in [0.29, 0.717) is 23.0 Å². The molecule has 5 N–H and O–H groups in total. The highest BCUT2D eigenvalue weighted by Crippen LogP contribution is 2.30. The number of hydrogen-bond donors (Lipinski definition) is 3. The highest BCUT2D eigenvalue weighted by molar-refractivity contribution is 6.30. The normalized spacial score (nSPS) is 14.1. The average molecular weight is 606 g/mol. The largest absolute Gasteiger partial charge is 0.493 e. The first-order valence-electron chi connectivity index (χ1n) is 13.9. The van der Waals surface area contributed by atoms with Crippen LogP contribution in [-0.2, 0) is 0 Å². The second-order valence-electron chi connectivity index (χ2n) is 10.0. The highest BCUT2D eigenvalue weighted by Gasteiger charge is 2.26. The Morgan fingerprint density at radius 3 is 2.30 bits per heavy atom. The van der Waals surface area contributed by atoms with Gasteiger partial charge in [0.15, 0.2) is 0 Å². The molecular formula is C33H40ClN5O4. The lowest BCUT2D eigenvalue weighted by atomic mass is 9.96. The molecule has 1 saturated heterocycles. The number of amides is 3. The van der Waals surface area contributed by atoms with Gasteiger partial charge >= 0.3 is 6.03 Å². The maximum Gasteiger partial charge on any atom is 0.338 e. The summed E-state index contributed by atoms with van der Waals surface area (Å²) in [7, 11) is 0. The molecule has 4 rings (SSSR count). The van der Waals surface area contributed by atoms with E-state index in [0.717, 1.165) is 44.2 Å². The number of hydroxylamine groups is 2. The van der Waals surface area contributed by atoms with Crippen molar-refractivity contribution in [3.05, 3.63) is 100 Å². The van der Waals surface area contributed by atoms with Crippen LogP contribution in [0, 0.1) is 11.8 Å². The fraction of sp³-hybridized carbons (Fsp3) is 0.333. The Bertz CT molecular complexity index is 1400. The Kier molecular flexibility index (Phi) is 12.9. The zero-order valence-electron chi connectivity index (χ0n) is 23.4. The molecule has 0 spiro atoms. The molecule has 0 unspecified atom stereocenters. The van der Waals surface area contributed by atoms with Crippen LogP contribution in [0.25, 0.3) is 0 Å². The number of piperazine rings is 1. The van der Waals surface area contributed by atoms with Gasteiger partial charge in [-0.25, -0.2) is 9.86 Å². The van der Waals surface area contributed by atoms with Gasteiger partial charge in [0.25, 0.3) is 5.91 Å². The second kappa shape index (κ2) is 16.5. The summed E-state index contributed by atoms with van der Waals surface area (Å²) >= 11 is 6.16. The van der Waals surface area contributed by atoms with Gasteiger partial charge in [-0.05, 0) is 47.9 Å². The Hall–Kier alpha value is -4.07. The van der Waals surface area contributed by atoms with Gasteiger partial charge in [-0.15, -0.1) is 0 Å². The lowest BCUT2D eigenvalue weighted by Gasteiger charge is -2.39. The molecule has 228 valence electrons. The van der Waals surface area contributed by atoms with Crippen LogP contribution in [0.5, 0.6) is 5.75 Å². The van der Waals surface area contributed by atoms with E-state index in [1.54, 1.807) is 18.2 Å². The molecule has 1 fully saturated rings. The van der Waals surface area contributed by atoms with E-state index in [-0.39, 0.29) is 32.0 Å². The Morgan fingerprint density at radius 1 is 0.977 bits per heavy atom. The number of ether oxygens (including phenoxy) is 1. The van der Waals surface area contributed by atoms with Crippen LogP contribution in [0.3, 0.4) is 0 Å². The SMILES string of the molecule is C.NC(=O)c1cc(C#CCCN(O)C(N)=O)ccc1OCCCN1CCN([C@H](c2ccccc2)c2ccc(Cl)cc2)CC1. The molecule has 0 aromatic heterocycles. The molecule has 0 aliphatic carbocycles. The van der Waals surface area contributed by atoms with Gasteiger partial charge in [0.2, 0.25) is 0 Å². The molecule has 0 bridgehead atoms. The van der Waals surface area contributed by atoms with Gasteiger partial charge < -0.3 is 21.1 Å². The zero-order valence-corrected chi connectivity index (χ0v) is 24.2. The number of nitrogens with zero attached hydrogens (tertiary/aromatic N) is 3. The summed E-state index contributed by atoms with van der Waals surface area (Å²) in [5.41, 5.74) is 13.9. The zero-order chi connectivity index (χ0) is 29.9. The molecule has 43 heavy (non-hydrogen) atoms. The predicted molar refractivity (Wildman–Crippen MR) is 169 cm³/mol. The Labute approximate surface area is 258 Å². The molecule has 1 heterocycles. The lowest BCUT2D eigenvalue weighted by molar-refractivity contribution is -0.0372. The van der Waals surface area contributed by atoms with Crippen LogP contribution in [0.15, 0.2) is 72.8 Å². The third kappa shape index (κ3) is 9.73. The number of benzene rings is 3. The molecule has 10 heteroatoms. The number of halogens is 1. The molecule has 1 aliphatic rings. The molecule has 0 saturated carbocycles. The second-order valence-corrected chi connectivity index (χ2v) is 10.5. The third-order valence-electron chi connectivity index (χ3n) is 7.13. The maximum atomic E-state index is 12.0. The number of carbonyl (C=O) groups is 2. The summed E-state index contributed by atoms with van der Waals surface area (Å²) in [4.78, 5) is 27.8. The molecule has 1 atom stereocenters. The van der Waals surface area contributed by atoms with Crippen LogP contribution < -0.4 is 16.2 Å². The summed E-state index contributed by atoms with van der Waals surface area (Å²) in [6.07, 6.45) is 1.02. The maximum absolute atomic E-state index is 12.0. The molecule has 3 aromatic rings. The van der Waals surface area contributed by atoms with E-state index in [1.165, 1.54) is 11.1 Å². The van der Waals surface area contributed by atoms with Crippen molar-refractivity contribution in [3.63, 3.8) is 0 Å². The lowest BCUT2D eigenvalue weighted by Crippen LogP contribution is -2.48. The van der Waals surface area contributed by atoms with Crippen molar-refractivity contribution in [1.29, 1.82) is 0 Å². The molecule has 9 nitrogen and oxygen atoms in total. The number of carbonyl (C=O) groups excluding carboxylic acids is 2. The van der Waals surface area contributed by atoms with Crippen LogP contribution in [0.2, 0.25) is 5.02 Å². The predicted octanol–water partition coefficient (Wildman–Crippen LogP) is 4.76. The van der Waals surface area contributed by atoms with Gasteiger partial charge in [0.05, 0.1) is 24.8 Å². The fourth-order valence-corrected chi connectivity index (χ4v) is 5.10. The third-order valence-corrected chi connectivity index (χ3v) is 7.38. The topological polar surface area (TPSA) is 125 Å². The van der Waals surface area contributed by atoms with E-state index >= 15 is 0 Å². The van der Waals surface area contributed by atoms with Crippen molar-refractivity contribution >= 4 is 23.5 Å². The number of urea groups is 1. The van der Waals surface area contributed by atoms with E-state index < -0.39 is 11.9 Å². The molecular weight excluding hydrogens is 566 g/mol. The summed E-state index contributed by atoms with van der Waals surface area (Å²) < 4.78 is 5.92. The van der Waals surface area contributed by atoms with Crippen LogP contribution in [0.1, 0.15) is 53.4 Å². The van der Waals surface area contributed by atoms with E-state index in [1.807, 2.05) is 18.2 Å². The van der Waals surface area contributed by atoms with E-state index in [9.17, 15) is 14.8 Å².